The zero-order chi connectivity index (χ0) is 16.2. The van der Waals surface area contributed by atoms with E-state index in [1.807, 2.05) is 18.2 Å². The van der Waals surface area contributed by atoms with Gasteiger partial charge in [0.25, 0.3) is 11.8 Å². The molecule has 1 saturated heterocycles. The smallest absolute Gasteiger partial charge is 0.254 e. The second-order valence-electron chi connectivity index (χ2n) is 5.32. The number of carbonyl (C=O) groups is 2. The van der Waals surface area contributed by atoms with Crippen molar-refractivity contribution in [3.05, 3.63) is 64.9 Å². The largest absolute Gasteiger partial charge is 0.335 e. The number of amides is 2. The van der Waals surface area contributed by atoms with Gasteiger partial charge in [-0.15, -0.1) is 0 Å². The molecule has 0 bridgehead atoms. The van der Waals surface area contributed by atoms with Crippen LogP contribution in [-0.4, -0.2) is 52.8 Å². The molecule has 1 aromatic carbocycles. The first-order valence-electron chi connectivity index (χ1n) is 7.40. The molecule has 1 aromatic heterocycles. The predicted octanol–water partition coefficient (Wildman–Crippen LogP) is 2.33. The fourth-order valence-electron chi connectivity index (χ4n) is 2.59. The molecule has 3 rings (SSSR count). The van der Waals surface area contributed by atoms with Crippen LogP contribution in [-0.2, 0) is 0 Å². The summed E-state index contributed by atoms with van der Waals surface area (Å²) in [4.78, 5) is 32.2. The zero-order valence-corrected chi connectivity index (χ0v) is 13.2. The van der Waals surface area contributed by atoms with E-state index in [1.54, 1.807) is 34.1 Å². The van der Waals surface area contributed by atoms with Crippen LogP contribution in [0.25, 0.3) is 0 Å². The number of hydrogen-bond donors (Lipinski definition) is 0. The zero-order valence-electron chi connectivity index (χ0n) is 12.5. The number of rotatable bonds is 2. The monoisotopic (exact) mass is 329 g/mol. The Morgan fingerprint density at radius 1 is 0.870 bits per heavy atom. The summed E-state index contributed by atoms with van der Waals surface area (Å²) in [6.45, 7) is 2.07. The molecule has 23 heavy (non-hydrogen) atoms. The number of aromatic nitrogens is 1. The Kier molecular flexibility index (Phi) is 4.57. The molecule has 1 aliphatic rings. The molecule has 0 aliphatic carbocycles. The van der Waals surface area contributed by atoms with Crippen LogP contribution in [0.3, 0.4) is 0 Å². The molecule has 0 unspecified atom stereocenters. The van der Waals surface area contributed by atoms with Gasteiger partial charge in [-0.3, -0.25) is 9.59 Å². The van der Waals surface area contributed by atoms with Gasteiger partial charge < -0.3 is 9.80 Å². The van der Waals surface area contributed by atoms with Gasteiger partial charge in [0, 0.05) is 43.5 Å². The Hall–Kier alpha value is -2.40. The highest BCUT2D eigenvalue weighted by atomic mass is 35.5. The van der Waals surface area contributed by atoms with Crippen molar-refractivity contribution in [2.45, 2.75) is 0 Å². The van der Waals surface area contributed by atoms with Gasteiger partial charge in [0.15, 0.2) is 0 Å². The minimum absolute atomic E-state index is 0.00431. The number of benzene rings is 1. The molecule has 6 heteroatoms. The normalized spacial score (nSPS) is 14.7. The van der Waals surface area contributed by atoms with E-state index in [0.717, 1.165) is 0 Å². The second kappa shape index (κ2) is 6.79. The van der Waals surface area contributed by atoms with E-state index < -0.39 is 0 Å². The summed E-state index contributed by atoms with van der Waals surface area (Å²) in [7, 11) is 0. The highest BCUT2D eigenvalue weighted by Gasteiger charge is 2.25. The van der Waals surface area contributed by atoms with Crippen LogP contribution >= 0.6 is 11.6 Å². The van der Waals surface area contributed by atoms with E-state index in [-0.39, 0.29) is 11.8 Å². The summed E-state index contributed by atoms with van der Waals surface area (Å²) in [5, 5.41) is 0.300. The van der Waals surface area contributed by atoms with E-state index in [2.05, 4.69) is 4.98 Å². The van der Waals surface area contributed by atoms with Gasteiger partial charge in [0.2, 0.25) is 0 Å². The van der Waals surface area contributed by atoms with Gasteiger partial charge in [-0.25, -0.2) is 4.98 Å². The molecule has 0 atom stereocenters. The van der Waals surface area contributed by atoms with Crippen LogP contribution < -0.4 is 0 Å². The second-order valence-corrected chi connectivity index (χ2v) is 5.70. The molecule has 2 amide bonds. The lowest BCUT2D eigenvalue weighted by Crippen LogP contribution is -2.50. The van der Waals surface area contributed by atoms with E-state index in [9.17, 15) is 9.59 Å². The van der Waals surface area contributed by atoms with Crippen LogP contribution in [0.15, 0.2) is 48.7 Å². The van der Waals surface area contributed by atoms with Crippen LogP contribution in [0.2, 0.25) is 5.15 Å². The molecular formula is C17H16ClN3O2. The summed E-state index contributed by atoms with van der Waals surface area (Å²) in [6, 6.07) is 12.4. The molecule has 0 saturated carbocycles. The SMILES string of the molecule is O=C(c1ccccc1)N1CCN(C(=O)c2ccnc(Cl)c2)CC1. The van der Waals surface area contributed by atoms with Crippen LogP contribution in [0.1, 0.15) is 20.7 Å². The van der Waals surface area contributed by atoms with Crippen molar-refractivity contribution in [2.24, 2.45) is 0 Å². The van der Waals surface area contributed by atoms with Crippen LogP contribution in [0.4, 0.5) is 0 Å². The van der Waals surface area contributed by atoms with Crippen molar-refractivity contribution in [1.82, 2.24) is 14.8 Å². The Labute approximate surface area is 139 Å². The molecule has 1 fully saturated rings. The molecular weight excluding hydrogens is 314 g/mol. The summed E-state index contributed by atoms with van der Waals surface area (Å²) < 4.78 is 0. The first kappa shape index (κ1) is 15.5. The van der Waals surface area contributed by atoms with E-state index in [1.165, 1.54) is 6.20 Å². The van der Waals surface area contributed by atoms with Gasteiger partial charge in [0.05, 0.1) is 0 Å². The average Bonchev–Trinajstić information content (AvgIpc) is 2.61. The fourth-order valence-corrected chi connectivity index (χ4v) is 2.77. The molecule has 0 N–H and O–H groups in total. The number of nitrogens with zero attached hydrogens (tertiary/aromatic N) is 3. The van der Waals surface area contributed by atoms with Crippen molar-refractivity contribution >= 4 is 23.4 Å². The maximum atomic E-state index is 12.4. The molecule has 2 heterocycles. The summed E-state index contributed by atoms with van der Waals surface area (Å²) >= 11 is 5.83. The van der Waals surface area contributed by atoms with Crippen molar-refractivity contribution < 1.29 is 9.59 Å². The topological polar surface area (TPSA) is 53.5 Å². The fraction of sp³-hybridized carbons (Fsp3) is 0.235. The molecule has 2 aromatic rings. The maximum absolute atomic E-state index is 12.4. The summed E-state index contributed by atoms with van der Waals surface area (Å²) in [5.74, 6) is -0.0780. The maximum Gasteiger partial charge on any atom is 0.254 e. The predicted molar refractivity (Wildman–Crippen MR) is 87.5 cm³/mol. The number of hydrogen-bond acceptors (Lipinski definition) is 3. The van der Waals surface area contributed by atoms with Crippen LogP contribution in [0, 0.1) is 0 Å². The first-order chi connectivity index (χ1) is 11.1. The molecule has 1 aliphatic heterocycles. The van der Waals surface area contributed by atoms with E-state index in [0.29, 0.717) is 42.5 Å². The summed E-state index contributed by atoms with van der Waals surface area (Å²) in [5.41, 5.74) is 1.20. The number of halogens is 1. The van der Waals surface area contributed by atoms with Crippen molar-refractivity contribution in [3.8, 4) is 0 Å². The van der Waals surface area contributed by atoms with E-state index in [4.69, 9.17) is 11.6 Å². The van der Waals surface area contributed by atoms with Gasteiger partial charge in [-0.05, 0) is 24.3 Å². The molecule has 0 spiro atoms. The third-order valence-electron chi connectivity index (χ3n) is 3.85. The third-order valence-corrected chi connectivity index (χ3v) is 4.06. The van der Waals surface area contributed by atoms with Crippen molar-refractivity contribution in [1.29, 1.82) is 0 Å². The van der Waals surface area contributed by atoms with Crippen LogP contribution in [0.5, 0.6) is 0 Å². The highest BCUT2D eigenvalue weighted by molar-refractivity contribution is 6.29. The Morgan fingerprint density at radius 2 is 1.43 bits per heavy atom. The third kappa shape index (κ3) is 3.51. The Morgan fingerprint density at radius 3 is 2.00 bits per heavy atom. The molecule has 118 valence electrons. The van der Waals surface area contributed by atoms with Gasteiger partial charge in [-0.2, -0.15) is 0 Å². The minimum Gasteiger partial charge on any atom is -0.335 e. The van der Waals surface area contributed by atoms with Crippen molar-refractivity contribution in [3.63, 3.8) is 0 Å². The number of pyridine rings is 1. The minimum atomic E-state index is -0.0823. The van der Waals surface area contributed by atoms with E-state index >= 15 is 0 Å². The lowest BCUT2D eigenvalue weighted by Gasteiger charge is -2.34. The molecule has 0 radical (unpaired) electrons. The number of piperazine rings is 1. The Bertz CT molecular complexity index is 713. The lowest BCUT2D eigenvalue weighted by atomic mass is 10.1. The number of carbonyl (C=O) groups excluding carboxylic acids is 2. The quantitative estimate of drug-likeness (QED) is 0.795. The average molecular weight is 330 g/mol. The van der Waals surface area contributed by atoms with Crippen molar-refractivity contribution in [2.75, 3.05) is 26.2 Å². The highest BCUT2D eigenvalue weighted by Crippen LogP contribution is 2.13. The first-order valence-corrected chi connectivity index (χ1v) is 7.78. The van der Waals surface area contributed by atoms with Gasteiger partial charge >= 0.3 is 0 Å². The summed E-state index contributed by atoms with van der Waals surface area (Å²) in [6.07, 6.45) is 1.52. The standard InChI is InChI=1S/C17H16ClN3O2/c18-15-12-14(6-7-19-15)17(23)21-10-8-20(9-11-21)16(22)13-4-2-1-3-5-13/h1-7,12H,8-11H2. The molecule has 5 nitrogen and oxygen atoms in total. The lowest BCUT2D eigenvalue weighted by molar-refractivity contribution is 0.0535. The Balaban J connectivity index is 1.62. The van der Waals surface area contributed by atoms with Gasteiger partial charge in [-0.1, -0.05) is 29.8 Å². The van der Waals surface area contributed by atoms with Gasteiger partial charge in [0.1, 0.15) is 5.15 Å².